The molecule has 0 aliphatic heterocycles. The molecule has 0 saturated heterocycles. The molecule has 0 N–H and O–H groups in total. The van der Waals surface area contributed by atoms with E-state index in [0.717, 1.165) is 11.6 Å². The number of thiazole rings is 1. The Morgan fingerprint density at radius 2 is 2.00 bits per heavy atom. The highest BCUT2D eigenvalue weighted by molar-refractivity contribution is 7.09. The molecule has 0 fully saturated rings. The Balaban J connectivity index is 1.61. The van der Waals surface area contributed by atoms with E-state index in [1.54, 1.807) is 24.2 Å². The average molecular weight is 370 g/mol. The third kappa shape index (κ3) is 4.36. The Hall–Kier alpha value is -2.51. The largest absolute Gasteiger partial charge is 0.359 e. The zero-order chi connectivity index (χ0) is 18.5. The lowest BCUT2D eigenvalue weighted by Crippen LogP contribution is -2.29. The van der Waals surface area contributed by atoms with Crippen molar-refractivity contribution in [2.75, 3.05) is 14.1 Å². The number of hydrogen-bond acceptors (Lipinski definition) is 6. The summed E-state index contributed by atoms with van der Waals surface area (Å²) in [7, 11) is 3.76. The first-order valence-electron chi connectivity index (χ1n) is 8.39. The molecule has 2 aromatic heterocycles. The van der Waals surface area contributed by atoms with Crippen molar-refractivity contribution in [1.82, 2.24) is 19.9 Å². The minimum Gasteiger partial charge on any atom is -0.359 e. The number of aromatic nitrogens is 2. The van der Waals surface area contributed by atoms with Gasteiger partial charge < -0.3 is 9.42 Å². The van der Waals surface area contributed by atoms with Gasteiger partial charge in [0.1, 0.15) is 5.01 Å². The van der Waals surface area contributed by atoms with Crippen LogP contribution in [0, 0.1) is 0 Å². The van der Waals surface area contributed by atoms with E-state index in [1.165, 1.54) is 16.9 Å². The summed E-state index contributed by atoms with van der Waals surface area (Å²) < 4.78 is 5.36. The molecule has 1 atom stereocenters. The number of amides is 1. The van der Waals surface area contributed by atoms with Crippen molar-refractivity contribution >= 4 is 17.2 Å². The Morgan fingerprint density at radius 3 is 2.69 bits per heavy atom. The van der Waals surface area contributed by atoms with Crippen LogP contribution in [-0.4, -0.2) is 39.9 Å². The van der Waals surface area contributed by atoms with Crippen molar-refractivity contribution in [3.63, 3.8) is 0 Å². The van der Waals surface area contributed by atoms with Crippen molar-refractivity contribution in [3.05, 3.63) is 70.0 Å². The number of hydrogen-bond donors (Lipinski definition) is 0. The highest BCUT2D eigenvalue weighted by atomic mass is 32.1. The van der Waals surface area contributed by atoms with Gasteiger partial charge in [0.05, 0.1) is 12.6 Å². The Labute approximate surface area is 157 Å². The van der Waals surface area contributed by atoms with E-state index < -0.39 is 0 Å². The average Bonchev–Trinajstić information content (AvgIpc) is 3.32. The molecule has 0 spiro atoms. The van der Waals surface area contributed by atoms with E-state index in [2.05, 4.69) is 27.2 Å². The summed E-state index contributed by atoms with van der Waals surface area (Å²) >= 11 is 1.53. The van der Waals surface area contributed by atoms with Crippen molar-refractivity contribution in [2.24, 2.45) is 0 Å². The van der Waals surface area contributed by atoms with Gasteiger partial charge in [-0.2, -0.15) is 0 Å². The zero-order valence-electron chi connectivity index (χ0n) is 15.1. The lowest BCUT2D eigenvalue weighted by atomic mass is 10.2. The van der Waals surface area contributed by atoms with Crippen LogP contribution in [0.3, 0.4) is 0 Å². The first kappa shape index (κ1) is 18.3. The first-order valence-corrected chi connectivity index (χ1v) is 9.27. The van der Waals surface area contributed by atoms with Crippen LogP contribution in [0.25, 0.3) is 0 Å². The fourth-order valence-electron chi connectivity index (χ4n) is 2.67. The van der Waals surface area contributed by atoms with Crippen molar-refractivity contribution < 1.29 is 9.32 Å². The van der Waals surface area contributed by atoms with Crippen molar-refractivity contribution in [1.29, 1.82) is 0 Å². The molecule has 0 saturated carbocycles. The van der Waals surface area contributed by atoms with Crippen molar-refractivity contribution in [3.8, 4) is 0 Å². The molecular weight excluding hydrogens is 348 g/mol. The van der Waals surface area contributed by atoms with Gasteiger partial charge in [-0.25, -0.2) is 4.98 Å². The Morgan fingerprint density at radius 1 is 1.23 bits per heavy atom. The molecule has 136 valence electrons. The minimum absolute atomic E-state index is 0.108. The van der Waals surface area contributed by atoms with E-state index >= 15 is 0 Å². The number of benzene rings is 1. The molecule has 1 aromatic carbocycles. The molecule has 6 nitrogen and oxygen atoms in total. The molecule has 0 bridgehead atoms. The minimum atomic E-state index is -0.173. The number of nitrogens with zero attached hydrogens (tertiary/aromatic N) is 4. The molecule has 0 radical (unpaired) electrons. The van der Waals surface area contributed by atoms with E-state index in [4.69, 9.17) is 4.52 Å². The second kappa shape index (κ2) is 8.25. The maximum Gasteiger partial charge on any atom is 0.276 e. The predicted octanol–water partition coefficient (Wildman–Crippen LogP) is 3.60. The second-order valence-electron chi connectivity index (χ2n) is 6.30. The third-order valence-corrected chi connectivity index (χ3v) is 5.16. The molecule has 26 heavy (non-hydrogen) atoms. The van der Waals surface area contributed by atoms with Gasteiger partial charge in [0.25, 0.3) is 5.91 Å². The summed E-state index contributed by atoms with van der Waals surface area (Å²) in [6.07, 6.45) is 1.74. The fraction of sp³-hybridized carbons (Fsp3) is 0.316. The highest BCUT2D eigenvalue weighted by Crippen LogP contribution is 2.22. The number of carbonyl (C=O) groups is 1. The zero-order valence-corrected chi connectivity index (χ0v) is 15.9. The van der Waals surface area contributed by atoms with Crippen molar-refractivity contribution in [2.45, 2.75) is 26.1 Å². The van der Waals surface area contributed by atoms with Gasteiger partial charge >= 0.3 is 0 Å². The molecular formula is C19H22N4O2S. The molecule has 2 heterocycles. The lowest BCUT2D eigenvalue weighted by molar-refractivity contribution is 0.0732. The maximum atomic E-state index is 12.6. The Kier molecular flexibility index (Phi) is 5.80. The Bertz CT molecular complexity index is 832. The van der Waals surface area contributed by atoms with E-state index in [1.807, 2.05) is 37.6 Å². The first-order chi connectivity index (χ1) is 12.5. The van der Waals surface area contributed by atoms with Gasteiger partial charge in [0.15, 0.2) is 11.5 Å². The van der Waals surface area contributed by atoms with Crippen LogP contribution in [0.15, 0.2) is 52.5 Å². The molecule has 0 aliphatic rings. The van der Waals surface area contributed by atoms with Gasteiger partial charge in [0.2, 0.25) is 0 Å². The number of carbonyl (C=O) groups excluding carboxylic acids is 1. The second-order valence-corrected chi connectivity index (χ2v) is 7.22. The molecule has 7 heteroatoms. The van der Waals surface area contributed by atoms with E-state index in [0.29, 0.717) is 18.0 Å². The summed E-state index contributed by atoms with van der Waals surface area (Å²) in [4.78, 5) is 20.7. The van der Waals surface area contributed by atoms with Crippen LogP contribution >= 0.6 is 11.3 Å². The predicted molar refractivity (Wildman–Crippen MR) is 101 cm³/mol. The highest BCUT2D eigenvalue weighted by Gasteiger charge is 2.23. The van der Waals surface area contributed by atoms with Crippen LogP contribution in [0.2, 0.25) is 0 Å². The summed E-state index contributed by atoms with van der Waals surface area (Å²) in [5.74, 6) is 0.496. The van der Waals surface area contributed by atoms with Gasteiger partial charge in [-0.05, 0) is 19.5 Å². The van der Waals surface area contributed by atoms with Crippen LogP contribution in [-0.2, 0) is 13.1 Å². The maximum absolute atomic E-state index is 12.6. The standard InChI is InChI=1S/C19H22N4O2S/c1-14(18-20-9-10-26-18)23(3)19(24)17-11-16(25-21-17)13-22(2)12-15-7-5-4-6-8-15/h4-11,14H,12-13H2,1-3H3/t14-/m0/s1. The summed E-state index contributed by atoms with van der Waals surface area (Å²) in [5, 5.41) is 6.75. The topological polar surface area (TPSA) is 62.5 Å². The fourth-order valence-corrected chi connectivity index (χ4v) is 3.41. The third-order valence-electron chi connectivity index (χ3n) is 4.21. The summed E-state index contributed by atoms with van der Waals surface area (Å²) in [5.41, 5.74) is 1.54. The normalized spacial score (nSPS) is 12.3. The van der Waals surface area contributed by atoms with Crippen LogP contribution in [0.1, 0.15) is 39.8 Å². The van der Waals surface area contributed by atoms with Crippen LogP contribution in [0.4, 0.5) is 0 Å². The molecule has 3 rings (SSSR count). The van der Waals surface area contributed by atoms with Crippen LogP contribution in [0.5, 0.6) is 0 Å². The van der Waals surface area contributed by atoms with E-state index in [9.17, 15) is 4.79 Å². The summed E-state index contributed by atoms with van der Waals surface area (Å²) in [6.45, 7) is 3.33. The van der Waals surface area contributed by atoms with E-state index in [-0.39, 0.29) is 11.9 Å². The molecule has 1 amide bonds. The number of rotatable bonds is 7. The van der Waals surface area contributed by atoms with Gasteiger partial charge in [-0.15, -0.1) is 11.3 Å². The molecule has 3 aromatic rings. The van der Waals surface area contributed by atoms with Gasteiger partial charge in [0, 0.05) is 31.2 Å². The quantitative estimate of drug-likeness (QED) is 0.636. The van der Waals surface area contributed by atoms with Gasteiger partial charge in [-0.3, -0.25) is 9.69 Å². The SMILES string of the molecule is C[C@@H](c1nccs1)N(C)C(=O)c1cc(CN(C)Cc2ccccc2)on1. The van der Waals surface area contributed by atoms with Crippen LogP contribution < -0.4 is 0 Å². The van der Waals surface area contributed by atoms with Gasteiger partial charge in [-0.1, -0.05) is 35.5 Å². The monoisotopic (exact) mass is 370 g/mol. The molecule has 0 unspecified atom stereocenters. The lowest BCUT2D eigenvalue weighted by Gasteiger charge is -2.21. The molecule has 0 aliphatic carbocycles. The smallest absolute Gasteiger partial charge is 0.276 e. The summed E-state index contributed by atoms with van der Waals surface area (Å²) in [6, 6.07) is 11.8.